The Morgan fingerprint density at radius 1 is 1.20 bits per heavy atom. The van der Waals surface area contributed by atoms with Crippen molar-refractivity contribution >= 4 is 23.7 Å². The minimum absolute atomic E-state index is 0.125. The zero-order valence-corrected chi connectivity index (χ0v) is 13.7. The summed E-state index contributed by atoms with van der Waals surface area (Å²) in [7, 11) is 0. The van der Waals surface area contributed by atoms with Gasteiger partial charge in [-0.3, -0.25) is 4.79 Å². The summed E-state index contributed by atoms with van der Waals surface area (Å²) in [5.74, 6) is -0.253. The second-order valence-corrected chi connectivity index (χ2v) is 6.29. The zero-order chi connectivity index (χ0) is 18.0. The molecule has 1 amide bonds. The quantitative estimate of drug-likeness (QED) is 0.623. The Balaban J connectivity index is 1.54. The third-order valence-corrected chi connectivity index (χ3v) is 4.27. The molecule has 3 rings (SSSR count). The van der Waals surface area contributed by atoms with Crippen molar-refractivity contribution in [2.75, 3.05) is 0 Å². The number of nitrogens with zero attached hydrogens (tertiary/aromatic N) is 1. The number of amides is 1. The van der Waals surface area contributed by atoms with Crippen LogP contribution in [0.1, 0.15) is 29.0 Å². The Labute approximate surface area is 147 Å². The van der Waals surface area contributed by atoms with Crippen LogP contribution in [0, 0.1) is 5.92 Å². The van der Waals surface area contributed by atoms with Crippen molar-refractivity contribution in [2.24, 2.45) is 11.0 Å². The van der Waals surface area contributed by atoms with Crippen LogP contribution in [-0.2, 0) is 11.0 Å². The third-order valence-electron chi connectivity index (χ3n) is 4.03. The SMILES string of the molecule is O=C(NN=Cc1ccc(C(F)(F)F)cc1)C1CC1c1cccc(Cl)c1. The molecule has 0 aliphatic heterocycles. The van der Waals surface area contributed by atoms with Crippen LogP contribution >= 0.6 is 11.6 Å². The summed E-state index contributed by atoms with van der Waals surface area (Å²) in [6.07, 6.45) is -2.33. The highest BCUT2D eigenvalue weighted by molar-refractivity contribution is 6.30. The average molecular weight is 367 g/mol. The molecule has 0 aromatic heterocycles. The van der Waals surface area contributed by atoms with Crippen LogP contribution in [0.5, 0.6) is 0 Å². The lowest BCUT2D eigenvalue weighted by Crippen LogP contribution is -2.20. The predicted molar refractivity (Wildman–Crippen MR) is 89.5 cm³/mol. The molecule has 1 fully saturated rings. The minimum Gasteiger partial charge on any atom is -0.273 e. The molecule has 2 aromatic rings. The second kappa shape index (κ2) is 6.88. The Hall–Kier alpha value is -2.34. The van der Waals surface area contributed by atoms with Crippen LogP contribution in [0.4, 0.5) is 13.2 Å². The predicted octanol–water partition coefficient (Wildman–Crippen LogP) is 4.61. The van der Waals surface area contributed by atoms with Crippen molar-refractivity contribution in [1.29, 1.82) is 0 Å². The number of rotatable bonds is 4. The van der Waals surface area contributed by atoms with E-state index in [1.165, 1.54) is 18.3 Å². The summed E-state index contributed by atoms with van der Waals surface area (Å²) >= 11 is 5.94. The standard InChI is InChI=1S/C18H14ClF3N2O/c19-14-3-1-2-12(8-14)15-9-16(15)17(25)24-23-10-11-4-6-13(7-5-11)18(20,21)22/h1-8,10,15-16H,9H2,(H,24,25). The fourth-order valence-corrected chi connectivity index (χ4v) is 2.80. The first-order chi connectivity index (χ1) is 11.8. The van der Waals surface area contributed by atoms with Gasteiger partial charge in [0.1, 0.15) is 0 Å². The topological polar surface area (TPSA) is 41.5 Å². The summed E-state index contributed by atoms with van der Waals surface area (Å²) < 4.78 is 37.4. The molecule has 0 saturated heterocycles. The molecular weight excluding hydrogens is 353 g/mol. The molecule has 130 valence electrons. The van der Waals surface area contributed by atoms with Gasteiger partial charge in [0, 0.05) is 10.9 Å². The molecule has 7 heteroatoms. The number of carbonyl (C=O) groups excluding carboxylic acids is 1. The van der Waals surface area contributed by atoms with Crippen LogP contribution in [0.15, 0.2) is 53.6 Å². The monoisotopic (exact) mass is 366 g/mol. The van der Waals surface area contributed by atoms with Gasteiger partial charge >= 0.3 is 6.18 Å². The highest BCUT2D eigenvalue weighted by Gasteiger charge is 2.44. The number of nitrogens with one attached hydrogen (secondary N) is 1. The number of hydrogen-bond acceptors (Lipinski definition) is 2. The van der Waals surface area contributed by atoms with Crippen molar-refractivity contribution < 1.29 is 18.0 Å². The molecule has 25 heavy (non-hydrogen) atoms. The molecule has 0 bridgehead atoms. The molecule has 0 heterocycles. The first kappa shape index (κ1) is 17.5. The van der Waals surface area contributed by atoms with Gasteiger partial charge < -0.3 is 0 Å². The Kier molecular flexibility index (Phi) is 4.81. The van der Waals surface area contributed by atoms with E-state index in [4.69, 9.17) is 11.6 Å². The van der Waals surface area contributed by atoms with Gasteiger partial charge in [-0.05, 0) is 47.7 Å². The van der Waals surface area contributed by atoms with Crippen molar-refractivity contribution in [3.63, 3.8) is 0 Å². The fourth-order valence-electron chi connectivity index (χ4n) is 2.60. The number of carbonyl (C=O) groups is 1. The summed E-state index contributed by atoms with van der Waals surface area (Å²) in [6.45, 7) is 0. The van der Waals surface area contributed by atoms with Crippen LogP contribution < -0.4 is 5.43 Å². The molecule has 1 aliphatic rings. The van der Waals surface area contributed by atoms with Gasteiger partial charge in [0.2, 0.25) is 5.91 Å². The zero-order valence-electron chi connectivity index (χ0n) is 12.9. The third kappa shape index (κ3) is 4.39. The molecule has 1 saturated carbocycles. The molecule has 2 atom stereocenters. The highest BCUT2D eigenvalue weighted by Crippen LogP contribution is 2.47. The second-order valence-electron chi connectivity index (χ2n) is 5.86. The van der Waals surface area contributed by atoms with Crippen LogP contribution in [0.25, 0.3) is 0 Å². The number of hydrogen-bond donors (Lipinski definition) is 1. The van der Waals surface area contributed by atoms with Crippen molar-refractivity contribution in [1.82, 2.24) is 5.43 Å². The highest BCUT2D eigenvalue weighted by atomic mass is 35.5. The van der Waals surface area contributed by atoms with Gasteiger partial charge in [0.25, 0.3) is 0 Å². The van der Waals surface area contributed by atoms with E-state index < -0.39 is 11.7 Å². The molecule has 0 radical (unpaired) electrons. The minimum atomic E-state index is -4.37. The van der Waals surface area contributed by atoms with E-state index in [1.54, 1.807) is 6.07 Å². The molecular formula is C18H14ClF3N2O. The maximum Gasteiger partial charge on any atom is 0.416 e. The lowest BCUT2D eigenvalue weighted by atomic mass is 10.1. The van der Waals surface area contributed by atoms with E-state index in [0.717, 1.165) is 24.1 Å². The Bertz CT molecular complexity index is 803. The Morgan fingerprint density at radius 2 is 1.92 bits per heavy atom. The van der Waals surface area contributed by atoms with Gasteiger partial charge in [0.05, 0.1) is 11.8 Å². The number of halogens is 4. The molecule has 1 N–H and O–H groups in total. The molecule has 2 unspecified atom stereocenters. The van der Waals surface area contributed by atoms with Gasteiger partial charge in [0.15, 0.2) is 0 Å². The van der Waals surface area contributed by atoms with E-state index in [2.05, 4.69) is 10.5 Å². The normalized spacial score (nSPS) is 19.8. The van der Waals surface area contributed by atoms with Crippen molar-refractivity contribution in [3.05, 3.63) is 70.2 Å². The smallest absolute Gasteiger partial charge is 0.273 e. The van der Waals surface area contributed by atoms with Crippen LogP contribution in [0.2, 0.25) is 5.02 Å². The van der Waals surface area contributed by atoms with Crippen molar-refractivity contribution in [3.8, 4) is 0 Å². The van der Waals surface area contributed by atoms with Crippen LogP contribution in [0.3, 0.4) is 0 Å². The lowest BCUT2D eigenvalue weighted by molar-refractivity contribution is -0.137. The number of alkyl halides is 3. The van der Waals surface area contributed by atoms with Crippen molar-refractivity contribution in [2.45, 2.75) is 18.5 Å². The van der Waals surface area contributed by atoms with E-state index in [1.807, 2.05) is 18.2 Å². The first-order valence-corrected chi connectivity index (χ1v) is 7.98. The summed E-state index contributed by atoms with van der Waals surface area (Å²) in [4.78, 5) is 12.0. The molecule has 2 aromatic carbocycles. The van der Waals surface area contributed by atoms with E-state index in [9.17, 15) is 18.0 Å². The van der Waals surface area contributed by atoms with Crippen LogP contribution in [-0.4, -0.2) is 12.1 Å². The number of hydrazone groups is 1. The summed E-state index contributed by atoms with van der Waals surface area (Å²) in [5.41, 5.74) is 3.18. The van der Waals surface area contributed by atoms with Gasteiger partial charge in [-0.25, -0.2) is 5.43 Å². The molecule has 3 nitrogen and oxygen atoms in total. The van der Waals surface area contributed by atoms with E-state index >= 15 is 0 Å². The van der Waals surface area contributed by atoms with Gasteiger partial charge in [-0.1, -0.05) is 35.9 Å². The molecule has 1 aliphatic carbocycles. The van der Waals surface area contributed by atoms with Gasteiger partial charge in [-0.15, -0.1) is 0 Å². The fraction of sp³-hybridized carbons (Fsp3) is 0.222. The largest absolute Gasteiger partial charge is 0.416 e. The van der Waals surface area contributed by atoms with E-state index in [-0.39, 0.29) is 17.7 Å². The van der Waals surface area contributed by atoms with Gasteiger partial charge in [-0.2, -0.15) is 18.3 Å². The molecule has 0 spiro atoms. The maximum atomic E-state index is 12.5. The lowest BCUT2D eigenvalue weighted by Gasteiger charge is -2.05. The first-order valence-electron chi connectivity index (χ1n) is 7.60. The van der Waals surface area contributed by atoms with E-state index in [0.29, 0.717) is 10.6 Å². The number of benzene rings is 2. The summed E-state index contributed by atoms with van der Waals surface area (Å²) in [6, 6.07) is 11.9. The average Bonchev–Trinajstić information content (AvgIpc) is 3.35. The maximum absolute atomic E-state index is 12.5. The summed E-state index contributed by atoms with van der Waals surface area (Å²) in [5, 5.41) is 4.44. The Morgan fingerprint density at radius 3 is 2.56 bits per heavy atom.